The molecule has 1 heterocycles. The average molecular weight is 272 g/mol. The lowest BCUT2D eigenvalue weighted by Crippen LogP contribution is -2.41. The summed E-state index contributed by atoms with van der Waals surface area (Å²) < 4.78 is 40.2. The van der Waals surface area contributed by atoms with E-state index in [-0.39, 0.29) is 10.9 Å². The van der Waals surface area contributed by atoms with E-state index in [0.717, 1.165) is 31.9 Å². The lowest BCUT2D eigenvalue weighted by molar-refractivity contribution is 0.513. The minimum atomic E-state index is -3.77. The van der Waals surface area contributed by atoms with Gasteiger partial charge in [-0.1, -0.05) is 18.6 Å². The molecule has 0 aromatic heterocycles. The predicted octanol–water partition coefficient (Wildman–Crippen LogP) is 1.25. The lowest BCUT2D eigenvalue weighted by atomic mass is 10.2. The number of benzene rings is 1. The zero-order chi connectivity index (χ0) is 13.0. The Hall–Kier alpha value is -0.980. The second-order valence-electron chi connectivity index (χ2n) is 4.45. The Balaban J connectivity index is 2.14. The van der Waals surface area contributed by atoms with Crippen LogP contribution in [0.15, 0.2) is 29.2 Å². The van der Waals surface area contributed by atoms with Crippen molar-refractivity contribution in [3.05, 3.63) is 30.1 Å². The van der Waals surface area contributed by atoms with E-state index in [1.807, 2.05) is 0 Å². The van der Waals surface area contributed by atoms with Gasteiger partial charge in [0.1, 0.15) is 10.7 Å². The van der Waals surface area contributed by atoms with Gasteiger partial charge in [0.05, 0.1) is 0 Å². The van der Waals surface area contributed by atoms with E-state index in [2.05, 4.69) is 10.0 Å². The van der Waals surface area contributed by atoms with E-state index in [1.165, 1.54) is 18.2 Å². The fourth-order valence-corrected chi connectivity index (χ4v) is 3.41. The fourth-order valence-electron chi connectivity index (χ4n) is 2.07. The summed E-state index contributed by atoms with van der Waals surface area (Å²) in [5.41, 5.74) is 0. The highest BCUT2D eigenvalue weighted by molar-refractivity contribution is 7.89. The number of rotatable bonds is 3. The molecule has 0 bridgehead atoms. The Bertz CT molecular complexity index is 497. The van der Waals surface area contributed by atoms with Gasteiger partial charge < -0.3 is 5.32 Å². The van der Waals surface area contributed by atoms with Crippen LogP contribution in [0.4, 0.5) is 4.39 Å². The van der Waals surface area contributed by atoms with Gasteiger partial charge in [-0.3, -0.25) is 0 Å². The third-order valence-electron chi connectivity index (χ3n) is 2.99. The third-order valence-corrected chi connectivity index (χ3v) is 4.55. The topological polar surface area (TPSA) is 58.2 Å². The van der Waals surface area contributed by atoms with Crippen LogP contribution in [0.25, 0.3) is 0 Å². The second-order valence-corrected chi connectivity index (χ2v) is 6.13. The van der Waals surface area contributed by atoms with Gasteiger partial charge in [-0.25, -0.2) is 17.5 Å². The molecule has 1 aliphatic heterocycles. The van der Waals surface area contributed by atoms with Crippen LogP contribution in [0.2, 0.25) is 0 Å². The van der Waals surface area contributed by atoms with E-state index >= 15 is 0 Å². The number of nitrogens with one attached hydrogen (secondary N) is 2. The van der Waals surface area contributed by atoms with E-state index < -0.39 is 15.8 Å². The summed E-state index contributed by atoms with van der Waals surface area (Å²) in [4.78, 5) is -0.283. The average Bonchev–Trinajstić information content (AvgIpc) is 2.57. The first-order valence-corrected chi connectivity index (χ1v) is 7.55. The van der Waals surface area contributed by atoms with Crippen molar-refractivity contribution < 1.29 is 12.8 Å². The molecule has 2 N–H and O–H groups in total. The number of hydrogen-bond donors (Lipinski definition) is 2. The van der Waals surface area contributed by atoms with Crippen LogP contribution >= 0.6 is 0 Å². The van der Waals surface area contributed by atoms with Gasteiger partial charge in [0.25, 0.3) is 0 Å². The zero-order valence-corrected chi connectivity index (χ0v) is 10.8. The molecule has 1 aliphatic rings. The van der Waals surface area contributed by atoms with Gasteiger partial charge >= 0.3 is 0 Å². The molecular formula is C12H17FN2O2S. The summed E-state index contributed by atoms with van der Waals surface area (Å²) >= 11 is 0. The van der Waals surface area contributed by atoms with E-state index in [9.17, 15) is 12.8 Å². The molecule has 4 nitrogen and oxygen atoms in total. The van der Waals surface area contributed by atoms with Gasteiger partial charge in [-0.2, -0.15) is 0 Å². The van der Waals surface area contributed by atoms with Crippen molar-refractivity contribution in [1.82, 2.24) is 10.0 Å². The van der Waals surface area contributed by atoms with Crippen LogP contribution in [-0.2, 0) is 10.0 Å². The van der Waals surface area contributed by atoms with Gasteiger partial charge in [-0.05, 0) is 31.5 Å². The van der Waals surface area contributed by atoms with Gasteiger partial charge in [0.15, 0.2) is 0 Å². The molecule has 0 radical (unpaired) electrons. The van der Waals surface area contributed by atoms with Crippen molar-refractivity contribution >= 4 is 10.0 Å². The molecule has 1 saturated heterocycles. The van der Waals surface area contributed by atoms with Crippen LogP contribution in [0, 0.1) is 5.82 Å². The van der Waals surface area contributed by atoms with Crippen LogP contribution in [0.1, 0.15) is 19.3 Å². The lowest BCUT2D eigenvalue weighted by Gasteiger charge is -2.16. The van der Waals surface area contributed by atoms with Gasteiger partial charge in [-0.15, -0.1) is 0 Å². The Morgan fingerprint density at radius 1 is 1.28 bits per heavy atom. The molecule has 1 unspecified atom stereocenters. The van der Waals surface area contributed by atoms with Crippen LogP contribution in [0.5, 0.6) is 0 Å². The van der Waals surface area contributed by atoms with Crippen molar-refractivity contribution in [1.29, 1.82) is 0 Å². The van der Waals surface area contributed by atoms with Crippen molar-refractivity contribution in [2.45, 2.75) is 30.2 Å². The molecule has 1 aromatic rings. The maximum Gasteiger partial charge on any atom is 0.243 e. The molecule has 6 heteroatoms. The predicted molar refractivity (Wildman–Crippen MR) is 67.2 cm³/mol. The van der Waals surface area contributed by atoms with E-state index in [0.29, 0.717) is 6.54 Å². The SMILES string of the molecule is O=S(=O)(NC1CCCCNC1)c1ccccc1F. The Labute approximate surface area is 107 Å². The number of halogens is 1. The van der Waals surface area contributed by atoms with E-state index in [1.54, 1.807) is 0 Å². The monoisotopic (exact) mass is 272 g/mol. The largest absolute Gasteiger partial charge is 0.315 e. The molecule has 0 amide bonds. The molecule has 0 saturated carbocycles. The summed E-state index contributed by atoms with van der Waals surface area (Å²) in [6, 6.07) is 5.25. The normalized spacial score (nSPS) is 21.5. The highest BCUT2D eigenvalue weighted by Crippen LogP contribution is 2.15. The summed E-state index contributed by atoms with van der Waals surface area (Å²) in [7, 11) is -3.77. The van der Waals surface area contributed by atoms with Crippen molar-refractivity contribution in [2.75, 3.05) is 13.1 Å². The Morgan fingerprint density at radius 3 is 2.83 bits per heavy atom. The molecule has 1 aromatic carbocycles. The molecule has 1 fully saturated rings. The molecule has 100 valence electrons. The first-order valence-electron chi connectivity index (χ1n) is 6.07. The standard InChI is InChI=1S/C12H17FN2O2S/c13-11-6-1-2-7-12(11)18(16,17)15-10-5-3-4-8-14-9-10/h1-2,6-7,10,14-15H,3-5,8-9H2. The zero-order valence-electron chi connectivity index (χ0n) is 10.0. The molecule has 18 heavy (non-hydrogen) atoms. The van der Waals surface area contributed by atoms with Crippen molar-refractivity contribution in [2.24, 2.45) is 0 Å². The Kier molecular flexibility index (Phi) is 4.31. The second kappa shape index (κ2) is 5.77. The smallest absolute Gasteiger partial charge is 0.243 e. The molecular weight excluding hydrogens is 255 g/mol. The minimum absolute atomic E-state index is 0.169. The fraction of sp³-hybridized carbons (Fsp3) is 0.500. The number of sulfonamides is 1. The maximum atomic E-state index is 13.5. The summed E-state index contributed by atoms with van der Waals surface area (Å²) in [5, 5.41) is 3.17. The minimum Gasteiger partial charge on any atom is -0.315 e. The Morgan fingerprint density at radius 2 is 2.06 bits per heavy atom. The maximum absolute atomic E-state index is 13.5. The van der Waals surface area contributed by atoms with Crippen molar-refractivity contribution in [3.8, 4) is 0 Å². The van der Waals surface area contributed by atoms with Crippen LogP contribution in [-0.4, -0.2) is 27.5 Å². The molecule has 0 aliphatic carbocycles. The summed E-state index contributed by atoms with van der Waals surface area (Å²) in [6.07, 6.45) is 2.79. The first-order chi connectivity index (χ1) is 8.59. The van der Waals surface area contributed by atoms with E-state index in [4.69, 9.17) is 0 Å². The number of hydrogen-bond acceptors (Lipinski definition) is 3. The van der Waals surface area contributed by atoms with Crippen molar-refractivity contribution in [3.63, 3.8) is 0 Å². The summed E-state index contributed by atoms with van der Waals surface area (Å²) in [6.45, 7) is 1.49. The third kappa shape index (κ3) is 3.28. The van der Waals surface area contributed by atoms with Gasteiger partial charge in [0, 0.05) is 12.6 Å². The molecule has 2 rings (SSSR count). The quantitative estimate of drug-likeness (QED) is 0.870. The highest BCUT2D eigenvalue weighted by Gasteiger charge is 2.23. The van der Waals surface area contributed by atoms with Gasteiger partial charge in [0.2, 0.25) is 10.0 Å². The van der Waals surface area contributed by atoms with Crippen LogP contribution < -0.4 is 10.0 Å². The molecule has 1 atom stereocenters. The summed E-state index contributed by atoms with van der Waals surface area (Å²) in [5.74, 6) is -0.716. The van der Waals surface area contributed by atoms with Crippen LogP contribution in [0.3, 0.4) is 0 Å². The first kappa shape index (κ1) is 13.5. The molecule has 0 spiro atoms. The highest BCUT2D eigenvalue weighted by atomic mass is 32.2.